The Morgan fingerprint density at radius 1 is 1.38 bits per heavy atom. The highest BCUT2D eigenvalue weighted by Crippen LogP contribution is 2.21. The van der Waals surface area contributed by atoms with Crippen LogP contribution in [0.3, 0.4) is 0 Å². The van der Waals surface area contributed by atoms with Crippen LogP contribution in [0.25, 0.3) is 0 Å². The molecule has 0 aliphatic carbocycles. The van der Waals surface area contributed by atoms with Gasteiger partial charge in [0.25, 0.3) is 0 Å². The highest BCUT2D eigenvalue weighted by molar-refractivity contribution is 5.39. The van der Waals surface area contributed by atoms with Crippen molar-refractivity contribution < 1.29 is 4.74 Å². The van der Waals surface area contributed by atoms with E-state index >= 15 is 0 Å². The van der Waals surface area contributed by atoms with Crippen LogP contribution in [0.2, 0.25) is 0 Å². The molecule has 114 valence electrons. The first-order chi connectivity index (χ1) is 9.90. The minimum absolute atomic E-state index is 0.0158. The predicted molar refractivity (Wildman–Crippen MR) is 83.1 cm³/mol. The third-order valence-electron chi connectivity index (χ3n) is 3.87. The summed E-state index contributed by atoms with van der Waals surface area (Å²) < 4.78 is 5.79. The van der Waals surface area contributed by atoms with Crippen LogP contribution in [-0.4, -0.2) is 47.3 Å². The molecular formula is C16H24N4O. The number of pyridine rings is 1. The van der Waals surface area contributed by atoms with Crippen LogP contribution >= 0.6 is 0 Å². The molecule has 0 bridgehead atoms. The zero-order valence-electron chi connectivity index (χ0n) is 13.3. The fraction of sp³-hybridized carbons (Fsp3) is 0.625. The minimum Gasteiger partial charge on any atom is -0.373 e. The number of aromatic nitrogens is 1. The van der Waals surface area contributed by atoms with Gasteiger partial charge in [-0.2, -0.15) is 5.26 Å². The zero-order chi connectivity index (χ0) is 15.5. The molecule has 0 spiro atoms. The number of rotatable bonds is 4. The highest BCUT2D eigenvalue weighted by atomic mass is 16.5. The average molecular weight is 288 g/mol. The van der Waals surface area contributed by atoms with E-state index < -0.39 is 0 Å². The molecule has 1 aliphatic heterocycles. The number of hydrogen-bond donors (Lipinski definition) is 1. The van der Waals surface area contributed by atoms with Gasteiger partial charge >= 0.3 is 0 Å². The van der Waals surface area contributed by atoms with E-state index in [1.807, 2.05) is 6.07 Å². The Morgan fingerprint density at radius 3 is 2.57 bits per heavy atom. The summed E-state index contributed by atoms with van der Waals surface area (Å²) in [6.45, 7) is 11.4. The molecule has 1 saturated heterocycles. The molecule has 0 amide bonds. The first kappa shape index (κ1) is 15.7. The molecule has 0 aromatic carbocycles. The summed E-state index contributed by atoms with van der Waals surface area (Å²) in [7, 11) is 0. The molecular weight excluding hydrogens is 264 g/mol. The Morgan fingerprint density at radius 2 is 2.05 bits per heavy atom. The molecule has 5 heteroatoms. The summed E-state index contributed by atoms with van der Waals surface area (Å²) in [5.74, 6) is 0.802. The first-order valence-corrected chi connectivity index (χ1v) is 7.41. The summed E-state index contributed by atoms with van der Waals surface area (Å²) in [5.41, 5.74) is 0.595. The van der Waals surface area contributed by atoms with Gasteiger partial charge in [-0.15, -0.1) is 0 Å². The van der Waals surface area contributed by atoms with Crippen LogP contribution in [0.1, 0.15) is 33.3 Å². The third-order valence-corrected chi connectivity index (χ3v) is 3.87. The second-order valence-corrected chi connectivity index (χ2v) is 6.37. The van der Waals surface area contributed by atoms with Crippen molar-refractivity contribution >= 4 is 5.82 Å². The molecule has 1 fully saturated rings. The molecule has 21 heavy (non-hydrogen) atoms. The van der Waals surface area contributed by atoms with Crippen molar-refractivity contribution in [2.75, 3.05) is 25.0 Å². The molecule has 0 radical (unpaired) electrons. The summed E-state index contributed by atoms with van der Waals surface area (Å²) in [6, 6.07) is 5.70. The van der Waals surface area contributed by atoms with Gasteiger partial charge in [0.15, 0.2) is 0 Å². The maximum absolute atomic E-state index is 8.78. The number of nitrogens with zero attached hydrogens (tertiary/aromatic N) is 3. The minimum atomic E-state index is 0.0158. The Bertz CT molecular complexity index is 496. The molecule has 1 N–H and O–H groups in total. The zero-order valence-corrected chi connectivity index (χ0v) is 13.3. The molecule has 5 nitrogen and oxygen atoms in total. The monoisotopic (exact) mass is 288 g/mol. The maximum Gasteiger partial charge on any atom is 0.126 e. The second-order valence-electron chi connectivity index (χ2n) is 6.37. The second kappa shape index (κ2) is 6.42. The Kier molecular flexibility index (Phi) is 4.81. The van der Waals surface area contributed by atoms with Crippen LogP contribution in [0.4, 0.5) is 5.82 Å². The van der Waals surface area contributed by atoms with Crippen molar-refractivity contribution in [3.8, 4) is 6.07 Å². The maximum atomic E-state index is 8.78. The highest BCUT2D eigenvalue weighted by Gasteiger charge is 2.33. The number of nitrogens with one attached hydrogen (secondary N) is 1. The van der Waals surface area contributed by atoms with Crippen LogP contribution in [0.5, 0.6) is 0 Å². The fourth-order valence-electron chi connectivity index (χ4n) is 2.66. The van der Waals surface area contributed by atoms with Crippen molar-refractivity contribution in [2.45, 2.75) is 45.4 Å². The summed E-state index contributed by atoms with van der Waals surface area (Å²) in [4.78, 5) is 6.71. The first-order valence-electron chi connectivity index (χ1n) is 7.41. The summed E-state index contributed by atoms with van der Waals surface area (Å²) >= 11 is 0. The Labute approximate surface area is 126 Å². The summed E-state index contributed by atoms with van der Waals surface area (Å²) in [6.07, 6.45) is 2.12. The van der Waals surface area contributed by atoms with Crippen LogP contribution < -0.4 is 5.32 Å². The molecule has 1 aromatic heterocycles. The van der Waals surface area contributed by atoms with Crippen LogP contribution in [0.15, 0.2) is 18.3 Å². The van der Waals surface area contributed by atoms with Crippen molar-refractivity contribution in [2.24, 2.45) is 0 Å². The van der Waals surface area contributed by atoms with Crippen LogP contribution in [0, 0.1) is 11.3 Å². The Hall–Kier alpha value is -1.64. The van der Waals surface area contributed by atoms with E-state index in [2.05, 4.69) is 49.0 Å². The van der Waals surface area contributed by atoms with E-state index in [0.717, 1.165) is 25.5 Å². The van der Waals surface area contributed by atoms with Crippen molar-refractivity contribution in [3.05, 3.63) is 23.9 Å². The van der Waals surface area contributed by atoms with E-state index in [4.69, 9.17) is 10.00 Å². The van der Waals surface area contributed by atoms with Crippen molar-refractivity contribution in [3.63, 3.8) is 0 Å². The standard InChI is InChI=1S/C16H24N4O/c1-12-9-20(10-13(2)21-12)16(3,4)11-19-15-6-5-14(7-17)8-18-15/h5-6,8,12-13H,9-11H2,1-4H3,(H,18,19). The van der Waals surface area contributed by atoms with E-state index in [1.54, 1.807) is 12.3 Å². The lowest BCUT2D eigenvalue weighted by Crippen LogP contribution is -2.57. The van der Waals surface area contributed by atoms with Crippen molar-refractivity contribution in [1.29, 1.82) is 5.26 Å². The van der Waals surface area contributed by atoms with Gasteiger partial charge in [0.2, 0.25) is 0 Å². The quantitative estimate of drug-likeness (QED) is 0.920. The number of hydrogen-bond acceptors (Lipinski definition) is 5. The average Bonchev–Trinajstić information content (AvgIpc) is 2.45. The normalized spacial score (nSPS) is 23.6. The smallest absolute Gasteiger partial charge is 0.126 e. The molecule has 2 atom stereocenters. The molecule has 1 aliphatic rings. The van der Waals surface area contributed by atoms with Gasteiger partial charge in [-0.25, -0.2) is 4.98 Å². The molecule has 1 aromatic rings. The number of anilines is 1. The molecule has 2 heterocycles. The van der Waals surface area contributed by atoms with E-state index in [-0.39, 0.29) is 17.7 Å². The number of morpholine rings is 1. The topological polar surface area (TPSA) is 61.2 Å². The van der Waals surface area contributed by atoms with Gasteiger partial charge < -0.3 is 10.1 Å². The van der Waals surface area contributed by atoms with Gasteiger partial charge in [-0.1, -0.05) is 0 Å². The fourth-order valence-corrected chi connectivity index (χ4v) is 2.66. The van der Waals surface area contributed by atoms with Gasteiger partial charge in [0.1, 0.15) is 11.9 Å². The largest absolute Gasteiger partial charge is 0.373 e. The number of ether oxygens (including phenoxy) is 1. The third kappa shape index (κ3) is 4.16. The number of nitriles is 1. The van der Waals surface area contributed by atoms with Gasteiger partial charge in [0, 0.05) is 31.4 Å². The molecule has 2 rings (SSSR count). The molecule has 0 saturated carbocycles. The lowest BCUT2D eigenvalue weighted by Gasteiger charge is -2.45. The van der Waals surface area contributed by atoms with Gasteiger partial charge in [0.05, 0.1) is 17.8 Å². The SMILES string of the molecule is CC1CN(C(C)(C)CNc2ccc(C#N)cn2)CC(C)O1. The lowest BCUT2D eigenvalue weighted by atomic mass is 10.00. The summed E-state index contributed by atoms with van der Waals surface area (Å²) in [5, 5.41) is 12.1. The van der Waals surface area contributed by atoms with Crippen LogP contribution in [-0.2, 0) is 4.74 Å². The van der Waals surface area contributed by atoms with E-state index in [0.29, 0.717) is 5.56 Å². The Balaban J connectivity index is 1.95. The van der Waals surface area contributed by atoms with Gasteiger partial charge in [-0.3, -0.25) is 4.90 Å². The van der Waals surface area contributed by atoms with E-state index in [1.165, 1.54) is 0 Å². The van der Waals surface area contributed by atoms with Crippen molar-refractivity contribution in [1.82, 2.24) is 9.88 Å². The predicted octanol–water partition coefficient (Wildman–Crippen LogP) is 2.25. The van der Waals surface area contributed by atoms with Gasteiger partial charge in [-0.05, 0) is 39.8 Å². The molecule has 2 unspecified atom stereocenters. The lowest BCUT2D eigenvalue weighted by molar-refractivity contribution is -0.0933. The van der Waals surface area contributed by atoms with E-state index in [9.17, 15) is 0 Å².